The monoisotopic (exact) mass is 285 g/mol. The molecule has 0 heterocycles. The predicted molar refractivity (Wildman–Crippen MR) is 81.0 cm³/mol. The van der Waals surface area contributed by atoms with Gasteiger partial charge in [0.15, 0.2) is 0 Å². The molecule has 0 aromatic heterocycles. The minimum absolute atomic E-state index is 0.189. The number of rotatable bonds is 9. The molecule has 0 unspecified atom stereocenters. The molecule has 0 fully saturated rings. The molecule has 0 radical (unpaired) electrons. The number of nitrogens with one attached hydrogen (secondary N) is 1. The Balaban J connectivity index is 2.03. The molecule has 1 aromatic rings. The Morgan fingerprint density at radius 3 is 2.58 bits per heavy atom. The summed E-state index contributed by atoms with van der Waals surface area (Å²) >= 11 is 5.64. The second kappa shape index (κ2) is 9.33. The zero-order valence-corrected chi connectivity index (χ0v) is 12.8. The molecule has 0 amide bonds. The first-order valence-electron chi connectivity index (χ1n) is 7.24. The van der Waals surface area contributed by atoms with E-state index in [2.05, 4.69) is 19.2 Å². The lowest BCUT2D eigenvalue weighted by Gasteiger charge is -2.06. The summed E-state index contributed by atoms with van der Waals surface area (Å²) in [5.74, 6) is 0.479. The van der Waals surface area contributed by atoms with Crippen molar-refractivity contribution in [3.63, 3.8) is 0 Å². The molecule has 0 aliphatic rings. The SMILES string of the molecule is CC(C)CCCCCCNCc1ccc(Cl)c(F)c1. The van der Waals surface area contributed by atoms with E-state index < -0.39 is 0 Å². The van der Waals surface area contributed by atoms with Gasteiger partial charge in [-0.25, -0.2) is 4.39 Å². The molecule has 1 N–H and O–H groups in total. The van der Waals surface area contributed by atoms with Crippen LogP contribution in [0.3, 0.4) is 0 Å². The largest absolute Gasteiger partial charge is 0.313 e. The molecule has 1 aromatic carbocycles. The molecular weight excluding hydrogens is 261 g/mol. The summed E-state index contributed by atoms with van der Waals surface area (Å²) < 4.78 is 13.2. The molecule has 0 atom stereocenters. The fourth-order valence-electron chi connectivity index (χ4n) is 2.04. The Bertz CT molecular complexity index is 366. The second-order valence-corrected chi connectivity index (χ2v) is 5.93. The standard InChI is InChI=1S/C16H25ClFN/c1-13(2)7-5-3-4-6-10-19-12-14-8-9-15(17)16(18)11-14/h8-9,11,13,19H,3-7,10,12H2,1-2H3. The van der Waals surface area contributed by atoms with Gasteiger partial charge in [-0.2, -0.15) is 0 Å². The minimum atomic E-state index is -0.338. The average Bonchev–Trinajstić information content (AvgIpc) is 2.36. The highest BCUT2D eigenvalue weighted by Gasteiger charge is 2.00. The fraction of sp³-hybridized carbons (Fsp3) is 0.625. The van der Waals surface area contributed by atoms with Crippen molar-refractivity contribution < 1.29 is 4.39 Å². The van der Waals surface area contributed by atoms with Crippen molar-refractivity contribution in [2.75, 3.05) is 6.54 Å². The van der Waals surface area contributed by atoms with E-state index >= 15 is 0 Å². The van der Waals surface area contributed by atoms with Gasteiger partial charge >= 0.3 is 0 Å². The van der Waals surface area contributed by atoms with Crippen LogP contribution in [0.2, 0.25) is 5.02 Å². The molecule has 0 bridgehead atoms. The van der Waals surface area contributed by atoms with Gasteiger partial charge < -0.3 is 5.32 Å². The van der Waals surface area contributed by atoms with Crippen LogP contribution in [-0.2, 0) is 6.54 Å². The van der Waals surface area contributed by atoms with E-state index in [0.29, 0.717) is 6.54 Å². The summed E-state index contributed by atoms with van der Waals surface area (Å²) in [5, 5.41) is 3.53. The van der Waals surface area contributed by atoms with E-state index in [9.17, 15) is 4.39 Å². The number of hydrogen-bond donors (Lipinski definition) is 1. The first-order valence-corrected chi connectivity index (χ1v) is 7.62. The van der Waals surface area contributed by atoms with Gasteiger partial charge in [0.25, 0.3) is 0 Å². The third-order valence-corrected chi connectivity index (χ3v) is 3.50. The lowest BCUT2D eigenvalue weighted by Crippen LogP contribution is -2.14. The summed E-state index contributed by atoms with van der Waals surface area (Å²) in [5.41, 5.74) is 0.946. The van der Waals surface area contributed by atoms with Crippen LogP contribution in [0.5, 0.6) is 0 Å². The van der Waals surface area contributed by atoms with Crippen LogP contribution in [0, 0.1) is 11.7 Å². The van der Waals surface area contributed by atoms with E-state index in [-0.39, 0.29) is 10.8 Å². The fourth-order valence-corrected chi connectivity index (χ4v) is 2.16. The van der Waals surface area contributed by atoms with Gasteiger partial charge in [0.05, 0.1) is 5.02 Å². The Morgan fingerprint density at radius 2 is 1.89 bits per heavy atom. The summed E-state index contributed by atoms with van der Waals surface area (Å²) in [6.07, 6.45) is 6.44. The van der Waals surface area contributed by atoms with Gasteiger partial charge in [0.1, 0.15) is 5.82 Å². The summed E-state index contributed by atoms with van der Waals surface area (Å²) in [6.45, 7) is 6.24. The number of benzene rings is 1. The first-order chi connectivity index (χ1) is 9.09. The zero-order chi connectivity index (χ0) is 14.1. The van der Waals surface area contributed by atoms with Crippen molar-refractivity contribution >= 4 is 11.6 Å². The van der Waals surface area contributed by atoms with Gasteiger partial charge in [-0.3, -0.25) is 0 Å². The van der Waals surface area contributed by atoms with Crippen LogP contribution in [-0.4, -0.2) is 6.54 Å². The van der Waals surface area contributed by atoms with Crippen LogP contribution < -0.4 is 5.32 Å². The van der Waals surface area contributed by atoms with E-state index in [1.54, 1.807) is 6.07 Å². The van der Waals surface area contributed by atoms with Gasteiger partial charge in [-0.15, -0.1) is 0 Å². The van der Waals surface area contributed by atoms with E-state index in [4.69, 9.17) is 11.6 Å². The van der Waals surface area contributed by atoms with Gasteiger partial charge in [-0.05, 0) is 36.6 Å². The maximum Gasteiger partial charge on any atom is 0.142 e. The number of halogens is 2. The summed E-state index contributed by atoms with van der Waals surface area (Å²) in [6, 6.07) is 4.97. The summed E-state index contributed by atoms with van der Waals surface area (Å²) in [4.78, 5) is 0. The molecule has 1 nitrogen and oxygen atoms in total. The molecule has 0 spiro atoms. The maximum absolute atomic E-state index is 13.2. The van der Waals surface area contributed by atoms with Crippen LogP contribution in [0.4, 0.5) is 4.39 Å². The maximum atomic E-state index is 13.2. The van der Waals surface area contributed by atoms with Crippen molar-refractivity contribution in [1.29, 1.82) is 0 Å². The van der Waals surface area contributed by atoms with Crippen molar-refractivity contribution in [2.24, 2.45) is 5.92 Å². The lowest BCUT2D eigenvalue weighted by molar-refractivity contribution is 0.512. The lowest BCUT2D eigenvalue weighted by atomic mass is 10.0. The number of hydrogen-bond acceptors (Lipinski definition) is 1. The Morgan fingerprint density at radius 1 is 1.16 bits per heavy atom. The van der Waals surface area contributed by atoms with Crippen molar-refractivity contribution in [1.82, 2.24) is 5.32 Å². The molecule has 19 heavy (non-hydrogen) atoms. The van der Waals surface area contributed by atoms with E-state index in [0.717, 1.165) is 18.0 Å². The van der Waals surface area contributed by atoms with Crippen molar-refractivity contribution in [2.45, 2.75) is 52.5 Å². The predicted octanol–water partition coefficient (Wildman–Crippen LogP) is 5.18. The third-order valence-electron chi connectivity index (χ3n) is 3.20. The first kappa shape index (κ1) is 16.5. The van der Waals surface area contributed by atoms with E-state index in [1.807, 2.05) is 6.07 Å². The second-order valence-electron chi connectivity index (χ2n) is 5.52. The quantitative estimate of drug-likeness (QED) is 0.617. The molecule has 3 heteroatoms. The topological polar surface area (TPSA) is 12.0 Å². The normalized spacial score (nSPS) is 11.2. The molecule has 0 aliphatic carbocycles. The highest BCUT2D eigenvalue weighted by molar-refractivity contribution is 6.30. The van der Waals surface area contributed by atoms with Crippen molar-refractivity contribution in [3.8, 4) is 0 Å². The van der Waals surface area contributed by atoms with Gasteiger partial charge in [-0.1, -0.05) is 57.2 Å². The Hall–Kier alpha value is -0.600. The molecular formula is C16H25ClFN. The van der Waals surface area contributed by atoms with Crippen molar-refractivity contribution in [3.05, 3.63) is 34.6 Å². The molecule has 0 aliphatic heterocycles. The molecule has 0 saturated carbocycles. The van der Waals surface area contributed by atoms with Crippen LogP contribution in [0.25, 0.3) is 0 Å². The Kier molecular flexibility index (Phi) is 8.08. The molecule has 108 valence electrons. The molecule has 0 saturated heterocycles. The number of unbranched alkanes of at least 4 members (excludes halogenated alkanes) is 3. The van der Waals surface area contributed by atoms with Gasteiger partial charge in [0, 0.05) is 6.54 Å². The third kappa shape index (κ3) is 7.54. The van der Waals surface area contributed by atoms with Gasteiger partial charge in [0.2, 0.25) is 0 Å². The highest BCUT2D eigenvalue weighted by atomic mass is 35.5. The van der Waals surface area contributed by atoms with Crippen LogP contribution in [0.1, 0.15) is 51.5 Å². The zero-order valence-electron chi connectivity index (χ0n) is 12.0. The van der Waals surface area contributed by atoms with Crippen LogP contribution >= 0.6 is 11.6 Å². The Labute approximate surface area is 121 Å². The average molecular weight is 286 g/mol. The summed E-state index contributed by atoms with van der Waals surface area (Å²) in [7, 11) is 0. The van der Waals surface area contributed by atoms with Crippen LogP contribution in [0.15, 0.2) is 18.2 Å². The minimum Gasteiger partial charge on any atom is -0.313 e. The van der Waals surface area contributed by atoms with E-state index in [1.165, 1.54) is 38.2 Å². The molecule has 1 rings (SSSR count). The highest BCUT2D eigenvalue weighted by Crippen LogP contribution is 2.15. The smallest absolute Gasteiger partial charge is 0.142 e.